The smallest absolute Gasteiger partial charge is 0.257 e. The van der Waals surface area contributed by atoms with Crippen molar-refractivity contribution in [1.82, 2.24) is 9.88 Å². The van der Waals surface area contributed by atoms with E-state index in [-0.39, 0.29) is 18.6 Å². The van der Waals surface area contributed by atoms with Crippen molar-refractivity contribution in [1.29, 1.82) is 0 Å². The molecule has 0 bridgehead atoms. The van der Waals surface area contributed by atoms with E-state index in [2.05, 4.69) is 26.2 Å². The molecule has 1 saturated heterocycles. The molecule has 116 valence electrons. The van der Waals surface area contributed by atoms with Crippen molar-refractivity contribution in [3.8, 4) is 0 Å². The number of carbonyl (C=O) groups excluding carboxylic acids is 1. The van der Waals surface area contributed by atoms with Crippen molar-refractivity contribution in [3.05, 3.63) is 22.3 Å². The van der Waals surface area contributed by atoms with Crippen LogP contribution >= 0.6 is 15.9 Å². The second kappa shape index (κ2) is 6.29. The van der Waals surface area contributed by atoms with Crippen LogP contribution in [0.5, 0.6) is 0 Å². The third kappa shape index (κ3) is 3.72. The van der Waals surface area contributed by atoms with Gasteiger partial charge in [0.2, 0.25) is 0 Å². The van der Waals surface area contributed by atoms with Gasteiger partial charge in [-0.2, -0.15) is 0 Å². The molecule has 2 heterocycles. The Labute approximate surface area is 132 Å². The minimum atomic E-state index is -0.486. The van der Waals surface area contributed by atoms with Gasteiger partial charge >= 0.3 is 0 Å². The number of nitrogens with one attached hydrogen (secondary N) is 1. The average molecular weight is 358 g/mol. The highest BCUT2D eigenvalue weighted by atomic mass is 79.9. The number of aromatic nitrogens is 1. The first kappa shape index (κ1) is 16.2. The van der Waals surface area contributed by atoms with E-state index >= 15 is 0 Å². The minimum Gasteiger partial charge on any atom is -0.394 e. The fourth-order valence-electron chi connectivity index (χ4n) is 2.52. The van der Waals surface area contributed by atoms with Crippen molar-refractivity contribution in [2.45, 2.75) is 25.6 Å². The number of rotatable bonds is 3. The summed E-state index contributed by atoms with van der Waals surface area (Å²) in [5, 5.41) is 12.3. The van der Waals surface area contributed by atoms with Gasteiger partial charge < -0.3 is 20.1 Å². The molecule has 1 amide bonds. The molecule has 1 unspecified atom stereocenters. The van der Waals surface area contributed by atoms with E-state index in [9.17, 15) is 9.90 Å². The summed E-state index contributed by atoms with van der Waals surface area (Å²) in [5.74, 6) is 0.413. The second-order valence-corrected chi connectivity index (χ2v) is 6.58. The summed E-state index contributed by atoms with van der Waals surface area (Å²) in [5.41, 5.74) is 0.0156. The van der Waals surface area contributed by atoms with Crippen LogP contribution in [0.2, 0.25) is 0 Å². The number of hydrogen-bond donors (Lipinski definition) is 2. The standard InChI is InChI=1S/C14H20BrN3O3/c1-14(2)8-18(6-10(7-19)21-14)13(20)11-4-9(15)5-17-12(11)16-3/h4-5,10,19H,6-8H2,1-3H3,(H,16,17). The van der Waals surface area contributed by atoms with Crippen LogP contribution in [0, 0.1) is 0 Å². The van der Waals surface area contributed by atoms with Gasteiger partial charge in [-0.25, -0.2) is 4.98 Å². The van der Waals surface area contributed by atoms with Gasteiger partial charge in [-0.1, -0.05) is 0 Å². The topological polar surface area (TPSA) is 74.7 Å². The molecular weight excluding hydrogens is 338 g/mol. The van der Waals surface area contributed by atoms with E-state index in [4.69, 9.17) is 4.74 Å². The van der Waals surface area contributed by atoms with Crippen molar-refractivity contribution in [2.75, 3.05) is 32.1 Å². The Morgan fingerprint density at radius 2 is 2.38 bits per heavy atom. The molecule has 21 heavy (non-hydrogen) atoms. The van der Waals surface area contributed by atoms with Crippen LogP contribution < -0.4 is 5.32 Å². The van der Waals surface area contributed by atoms with Crippen molar-refractivity contribution >= 4 is 27.7 Å². The number of morpholine rings is 1. The molecule has 1 aliphatic rings. The lowest BCUT2D eigenvalue weighted by Crippen LogP contribution is -2.55. The fraction of sp³-hybridized carbons (Fsp3) is 0.571. The summed E-state index contributed by atoms with van der Waals surface area (Å²) in [4.78, 5) is 18.7. The first-order valence-electron chi connectivity index (χ1n) is 6.77. The molecule has 0 spiro atoms. The lowest BCUT2D eigenvalue weighted by Gasteiger charge is -2.42. The van der Waals surface area contributed by atoms with Crippen LogP contribution in [0.3, 0.4) is 0 Å². The minimum absolute atomic E-state index is 0.108. The van der Waals surface area contributed by atoms with Gasteiger partial charge in [0, 0.05) is 30.8 Å². The predicted octanol–water partition coefficient (Wildman–Crippen LogP) is 1.50. The highest BCUT2D eigenvalue weighted by molar-refractivity contribution is 9.10. The zero-order valence-corrected chi connectivity index (χ0v) is 14.0. The Morgan fingerprint density at radius 3 is 3.00 bits per heavy atom. The predicted molar refractivity (Wildman–Crippen MR) is 83.4 cm³/mol. The third-order valence-corrected chi connectivity index (χ3v) is 3.73. The number of anilines is 1. The van der Waals surface area contributed by atoms with Gasteiger partial charge in [-0.3, -0.25) is 4.79 Å². The van der Waals surface area contributed by atoms with Crippen molar-refractivity contribution in [2.24, 2.45) is 0 Å². The zero-order valence-electron chi connectivity index (χ0n) is 12.4. The maximum Gasteiger partial charge on any atom is 0.257 e. The molecule has 1 aromatic rings. The number of pyridine rings is 1. The number of nitrogens with zero attached hydrogens (tertiary/aromatic N) is 2. The number of carbonyl (C=O) groups is 1. The molecule has 2 N–H and O–H groups in total. The van der Waals surface area contributed by atoms with Crippen LogP contribution in [0.25, 0.3) is 0 Å². The van der Waals surface area contributed by atoms with Crippen LogP contribution in [0.4, 0.5) is 5.82 Å². The van der Waals surface area contributed by atoms with Crippen LogP contribution in [-0.2, 0) is 4.74 Å². The summed E-state index contributed by atoms with van der Waals surface area (Å²) >= 11 is 3.34. The molecule has 7 heteroatoms. The van der Waals surface area contributed by atoms with E-state index in [1.165, 1.54) is 0 Å². The van der Waals surface area contributed by atoms with Gasteiger partial charge in [0.05, 0.1) is 23.9 Å². The van der Waals surface area contributed by atoms with Gasteiger partial charge in [0.25, 0.3) is 5.91 Å². The van der Waals surface area contributed by atoms with Gasteiger partial charge in [0.15, 0.2) is 0 Å². The average Bonchev–Trinajstić information content (AvgIpc) is 2.44. The van der Waals surface area contributed by atoms with E-state index in [0.717, 1.165) is 4.47 Å². The summed E-state index contributed by atoms with van der Waals surface area (Å²) in [7, 11) is 1.73. The Hall–Kier alpha value is -1.18. The summed E-state index contributed by atoms with van der Waals surface area (Å²) in [6.07, 6.45) is 1.28. The molecule has 0 aromatic carbocycles. The molecule has 1 aliphatic heterocycles. The quantitative estimate of drug-likeness (QED) is 0.857. The number of aliphatic hydroxyl groups excluding tert-OH is 1. The maximum absolute atomic E-state index is 12.8. The van der Waals surface area contributed by atoms with E-state index < -0.39 is 5.60 Å². The SMILES string of the molecule is CNc1ncc(Br)cc1C(=O)N1CC(CO)OC(C)(C)C1. The summed E-state index contributed by atoms with van der Waals surface area (Å²) < 4.78 is 6.48. The van der Waals surface area contributed by atoms with E-state index in [0.29, 0.717) is 24.5 Å². The number of hydrogen-bond acceptors (Lipinski definition) is 5. The van der Waals surface area contributed by atoms with Gasteiger partial charge in [0.1, 0.15) is 5.82 Å². The molecule has 2 rings (SSSR count). The number of ether oxygens (including phenoxy) is 1. The van der Waals surface area contributed by atoms with Gasteiger partial charge in [-0.15, -0.1) is 0 Å². The lowest BCUT2D eigenvalue weighted by molar-refractivity contribution is -0.139. The first-order chi connectivity index (χ1) is 9.86. The molecule has 6 nitrogen and oxygen atoms in total. The molecule has 1 fully saturated rings. The number of aliphatic hydroxyl groups is 1. The summed E-state index contributed by atoms with van der Waals surface area (Å²) in [6.45, 7) is 4.55. The monoisotopic (exact) mass is 357 g/mol. The number of amides is 1. The number of halogens is 1. The molecule has 1 atom stereocenters. The van der Waals surface area contributed by atoms with Crippen LogP contribution in [0.15, 0.2) is 16.7 Å². The van der Waals surface area contributed by atoms with Crippen molar-refractivity contribution in [3.63, 3.8) is 0 Å². The molecule has 0 aliphatic carbocycles. The molecule has 1 aromatic heterocycles. The Kier molecular flexibility index (Phi) is 4.85. The largest absolute Gasteiger partial charge is 0.394 e. The molecule has 0 saturated carbocycles. The van der Waals surface area contributed by atoms with E-state index in [1.807, 2.05) is 13.8 Å². The van der Waals surface area contributed by atoms with Crippen LogP contribution in [0.1, 0.15) is 24.2 Å². The second-order valence-electron chi connectivity index (χ2n) is 5.67. The van der Waals surface area contributed by atoms with Crippen LogP contribution in [-0.4, -0.2) is 59.3 Å². The lowest BCUT2D eigenvalue weighted by atomic mass is 10.0. The van der Waals surface area contributed by atoms with Gasteiger partial charge in [-0.05, 0) is 35.8 Å². The zero-order chi connectivity index (χ0) is 15.6. The fourth-order valence-corrected chi connectivity index (χ4v) is 2.85. The highest BCUT2D eigenvalue weighted by Gasteiger charge is 2.36. The van der Waals surface area contributed by atoms with Crippen molar-refractivity contribution < 1.29 is 14.6 Å². The third-order valence-electron chi connectivity index (χ3n) is 3.29. The normalized spacial score (nSPS) is 21.2. The highest BCUT2D eigenvalue weighted by Crippen LogP contribution is 2.25. The Morgan fingerprint density at radius 1 is 1.67 bits per heavy atom. The maximum atomic E-state index is 12.8. The Bertz CT molecular complexity index is 536. The summed E-state index contributed by atoms with van der Waals surface area (Å²) in [6, 6.07) is 1.75. The first-order valence-corrected chi connectivity index (χ1v) is 7.57. The molecular formula is C14H20BrN3O3. The van der Waals surface area contributed by atoms with E-state index in [1.54, 1.807) is 24.2 Å². The Balaban J connectivity index is 2.28. The molecule has 0 radical (unpaired) electrons.